The van der Waals surface area contributed by atoms with Crippen LogP contribution >= 0.6 is 0 Å². The minimum Gasteiger partial charge on any atom is -0.507 e. The van der Waals surface area contributed by atoms with Gasteiger partial charge in [0, 0.05) is 5.56 Å². The Hall–Kier alpha value is -4.00. The molecule has 1 saturated heterocycles. The molecule has 3 aromatic rings. The predicted octanol–water partition coefficient (Wildman–Crippen LogP) is 5.34. The van der Waals surface area contributed by atoms with Crippen LogP contribution in [0.5, 0.6) is 11.5 Å². The molecule has 1 atom stereocenters. The standard InChI is InChI=1S/C28H29NO6/c1-4-33-21-11-7-19(8-12-21)25-24(27(31)28(32)29(25)16-23-6-5-15-34-23)26(30)20-9-13-22(14-10-20)35-17-18(2)3/h5-15,18,25,30H,4,16-17H2,1-3H3/b26-24-. The Morgan fingerprint density at radius 1 is 1.00 bits per heavy atom. The molecular weight excluding hydrogens is 446 g/mol. The van der Waals surface area contributed by atoms with Crippen LogP contribution in [-0.2, 0) is 16.1 Å². The van der Waals surface area contributed by atoms with Gasteiger partial charge in [-0.05, 0) is 66.9 Å². The van der Waals surface area contributed by atoms with Gasteiger partial charge in [-0.25, -0.2) is 0 Å². The molecule has 0 bridgehead atoms. The van der Waals surface area contributed by atoms with E-state index in [0.29, 0.717) is 47.5 Å². The van der Waals surface area contributed by atoms with Crippen molar-refractivity contribution in [3.8, 4) is 11.5 Å². The smallest absolute Gasteiger partial charge is 0.296 e. The number of carbonyl (C=O) groups is 2. The molecule has 1 fully saturated rings. The van der Waals surface area contributed by atoms with Crippen molar-refractivity contribution in [3.05, 3.63) is 89.4 Å². The maximum Gasteiger partial charge on any atom is 0.296 e. The van der Waals surface area contributed by atoms with E-state index < -0.39 is 17.7 Å². The third kappa shape index (κ3) is 5.24. The third-order valence-corrected chi connectivity index (χ3v) is 5.66. The van der Waals surface area contributed by atoms with Crippen LogP contribution in [-0.4, -0.2) is 34.9 Å². The number of aliphatic hydroxyl groups is 1. The molecule has 0 saturated carbocycles. The maximum absolute atomic E-state index is 13.2. The van der Waals surface area contributed by atoms with Gasteiger partial charge >= 0.3 is 0 Å². The van der Waals surface area contributed by atoms with E-state index in [1.165, 1.54) is 11.2 Å². The lowest BCUT2D eigenvalue weighted by molar-refractivity contribution is -0.140. The molecule has 1 amide bonds. The largest absolute Gasteiger partial charge is 0.507 e. The Morgan fingerprint density at radius 3 is 2.26 bits per heavy atom. The number of nitrogens with zero attached hydrogens (tertiary/aromatic N) is 1. The molecule has 2 heterocycles. The summed E-state index contributed by atoms with van der Waals surface area (Å²) in [6, 6.07) is 16.7. The van der Waals surface area contributed by atoms with Gasteiger partial charge in [-0.3, -0.25) is 9.59 Å². The molecule has 4 rings (SSSR count). The molecule has 0 radical (unpaired) electrons. The van der Waals surface area contributed by atoms with Gasteiger partial charge in [0.2, 0.25) is 0 Å². The summed E-state index contributed by atoms with van der Waals surface area (Å²) in [6.45, 7) is 7.19. The number of carbonyl (C=O) groups excluding carboxylic acids is 2. The van der Waals surface area contributed by atoms with Crippen molar-refractivity contribution in [2.24, 2.45) is 5.92 Å². The second kappa shape index (κ2) is 10.5. The zero-order chi connectivity index (χ0) is 24.9. The first-order chi connectivity index (χ1) is 16.9. The maximum atomic E-state index is 13.2. The van der Waals surface area contributed by atoms with Gasteiger partial charge in [-0.2, -0.15) is 0 Å². The van der Waals surface area contributed by atoms with Crippen molar-refractivity contribution < 1.29 is 28.6 Å². The van der Waals surface area contributed by atoms with Crippen LogP contribution in [0.15, 0.2) is 76.9 Å². The molecule has 1 aliphatic heterocycles. The zero-order valence-electron chi connectivity index (χ0n) is 20.1. The fourth-order valence-electron chi connectivity index (χ4n) is 4.00. The molecule has 182 valence electrons. The lowest BCUT2D eigenvalue weighted by Crippen LogP contribution is -2.29. The number of hydrogen-bond acceptors (Lipinski definition) is 6. The summed E-state index contributed by atoms with van der Waals surface area (Å²) in [5.41, 5.74) is 1.13. The van der Waals surface area contributed by atoms with E-state index >= 15 is 0 Å². The van der Waals surface area contributed by atoms with Crippen LogP contribution in [0.1, 0.15) is 43.7 Å². The number of Topliss-reactive ketones (excluding diaryl/α,β-unsaturated/α-hetero) is 1. The number of ketones is 1. The molecular formula is C28H29NO6. The average molecular weight is 476 g/mol. The van der Waals surface area contributed by atoms with Crippen molar-refractivity contribution in [3.63, 3.8) is 0 Å². The Labute approximate surface area is 204 Å². The molecule has 1 aromatic heterocycles. The number of rotatable bonds is 9. The van der Waals surface area contributed by atoms with Crippen molar-refractivity contribution in [1.82, 2.24) is 4.90 Å². The van der Waals surface area contributed by atoms with Crippen LogP contribution in [0.4, 0.5) is 0 Å². The SMILES string of the molecule is CCOc1ccc(C2/C(=C(/O)c3ccc(OCC(C)C)cc3)C(=O)C(=O)N2Cc2ccco2)cc1. The van der Waals surface area contributed by atoms with E-state index in [2.05, 4.69) is 13.8 Å². The molecule has 1 unspecified atom stereocenters. The number of furan rings is 1. The Balaban J connectivity index is 1.74. The molecule has 1 N–H and O–H groups in total. The third-order valence-electron chi connectivity index (χ3n) is 5.66. The van der Waals surface area contributed by atoms with E-state index in [0.717, 1.165) is 0 Å². The van der Waals surface area contributed by atoms with Crippen LogP contribution in [0.25, 0.3) is 5.76 Å². The summed E-state index contributed by atoms with van der Waals surface area (Å²) in [5.74, 6) is 0.580. The number of amides is 1. The fourth-order valence-corrected chi connectivity index (χ4v) is 4.00. The Bertz CT molecular complexity index is 1190. The second-order valence-electron chi connectivity index (χ2n) is 8.74. The first-order valence-corrected chi connectivity index (χ1v) is 11.7. The normalized spacial score (nSPS) is 17.3. The molecule has 0 spiro atoms. The van der Waals surface area contributed by atoms with Crippen molar-refractivity contribution in [2.75, 3.05) is 13.2 Å². The summed E-state index contributed by atoms with van der Waals surface area (Å²) < 4.78 is 16.7. The van der Waals surface area contributed by atoms with Gasteiger partial charge in [0.25, 0.3) is 11.7 Å². The first kappa shape index (κ1) is 24.1. The summed E-state index contributed by atoms with van der Waals surface area (Å²) in [6.07, 6.45) is 1.51. The van der Waals surface area contributed by atoms with E-state index in [4.69, 9.17) is 13.9 Å². The van der Waals surface area contributed by atoms with Crippen molar-refractivity contribution in [2.45, 2.75) is 33.4 Å². The van der Waals surface area contributed by atoms with E-state index in [9.17, 15) is 14.7 Å². The van der Waals surface area contributed by atoms with Gasteiger partial charge in [0.1, 0.15) is 23.0 Å². The van der Waals surface area contributed by atoms with Gasteiger partial charge in [-0.1, -0.05) is 26.0 Å². The van der Waals surface area contributed by atoms with Crippen molar-refractivity contribution in [1.29, 1.82) is 0 Å². The van der Waals surface area contributed by atoms with Gasteiger partial charge in [0.15, 0.2) is 0 Å². The zero-order valence-corrected chi connectivity index (χ0v) is 20.1. The predicted molar refractivity (Wildman–Crippen MR) is 131 cm³/mol. The highest BCUT2D eigenvalue weighted by atomic mass is 16.5. The summed E-state index contributed by atoms with van der Waals surface area (Å²) in [7, 11) is 0. The highest BCUT2D eigenvalue weighted by molar-refractivity contribution is 6.46. The Morgan fingerprint density at radius 2 is 1.66 bits per heavy atom. The minimum atomic E-state index is -0.785. The van der Waals surface area contributed by atoms with E-state index in [1.807, 2.05) is 6.92 Å². The molecule has 35 heavy (non-hydrogen) atoms. The first-order valence-electron chi connectivity index (χ1n) is 11.7. The average Bonchev–Trinajstić information content (AvgIpc) is 3.46. The lowest BCUT2D eigenvalue weighted by Gasteiger charge is -2.24. The van der Waals surface area contributed by atoms with Crippen molar-refractivity contribution >= 4 is 17.4 Å². The van der Waals surface area contributed by atoms with E-state index in [-0.39, 0.29) is 17.9 Å². The Kier molecular flexibility index (Phi) is 7.25. The second-order valence-corrected chi connectivity index (χ2v) is 8.74. The molecule has 7 heteroatoms. The van der Waals surface area contributed by atoms with Crippen LogP contribution in [0.2, 0.25) is 0 Å². The van der Waals surface area contributed by atoms with E-state index in [1.54, 1.807) is 60.7 Å². The number of likely N-dealkylation sites (tertiary alicyclic amines) is 1. The van der Waals surface area contributed by atoms with Crippen LogP contribution < -0.4 is 9.47 Å². The summed E-state index contributed by atoms with van der Waals surface area (Å²) in [5, 5.41) is 11.2. The van der Waals surface area contributed by atoms with Gasteiger partial charge in [0.05, 0.1) is 37.6 Å². The van der Waals surface area contributed by atoms with Gasteiger partial charge in [-0.15, -0.1) is 0 Å². The highest BCUT2D eigenvalue weighted by Gasteiger charge is 2.46. The number of benzene rings is 2. The highest BCUT2D eigenvalue weighted by Crippen LogP contribution is 2.40. The number of aliphatic hydroxyl groups excluding tert-OH is 1. The monoisotopic (exact) mass is 475 g/mol. The molecule has 0 aliphatic carbocycles. The summed E-state index contributed by atoms with van der Waals surface area (Å²) >= 11 is 0. The summed E-state index contributed by atoms with van der Waals surface area (Å²) in [4.78, 5) is 27.7. The van der Waals surface area contributed by atoms with Crippen LogP contribution in [0.3, 0.4) is 0 Å². The molecule has 2 aromatic carbocycles. The number of hydrogen-bond donors (Lipinski definition) is 1. The topological polar surface area (TPSA) is 89.2 Å². The quantitative estimate of drug-likeness (QED) is 0.255. The van der Waals surface area contributed by atoms with Gasteiger partial charge < -0.3 is 23.9 Å². The molecule has 7 nitrogen and oxygen atoms in total. The van der Waals surface area contributed by atoms with Crippen LogP contribution in [0, 0.1) is 5.92 Å². The minimum absolute atomic E-state index is 0.0292. The lowest BCUT2D eigenvalue weighted by atomic mass is 9.95. The number of ether oxygens (including phenoxy) is 2. The molecule has 1 aliphatic rings. The fraction of sp³-hybridized carbons (Fsp3) is 0.286.